The average molecular weight is 312 g/mol. The fourth-order valence-corrected chi connectivity index (χ4v) is 2.89. The number of nitrogens with two attached hydrogens (primary N) is 1. The molecule has 1 heterocycles. The second kappa shape index (κ2) is 6.30. The molecule has 1 aliphatic rings. The first-order valence-corrected chi connectivity index (χ1v) is 7.39. The van der Waals surface area contributed by atoms with Crippen molar-refractivity contribution in [2.24, 2.45) is 5.73 Å². The van der Waals surface area contributed by atoms with Gasteiger partial charge < -0.3 is 15.7 Å². The molecule has 0 aromatic heterocycles. The summed E-state index contributed by atoms with van der Waals surface area (Å²) in [6, 6.07) is 3.39. The predicted molar refractivity (Wildman–Crippen MR) is 79.2 cm³/mol. The number of hydrogen-bond acceptors (Lipinski definition) is 3. The summed E-state index contributed by atoms with van der Waals surface area (Å²) in [6.07, 6.45) is 0.900. The fourth-order valence-electron chi connectivity index (χ4n) is 2.89. The third-order valence-corrected chi connectivity index (χ3v) is 3.89. The van der Waals surface area contributed by atoms with Gasteiger partial charge in [-0.15, -0.1) is 0 Å². The van der Waals surface area contributed by atoms with Gasteiger partial charge in [0.2, 0.25) is 5.91 Å². The van der Waals surface area contributed by atoms with Crippen LogP contribution < -0.4 is 5.73 Å². The summed E-state index contributed by atoms with van der Waals surface area (Å²) in [7, 11) is 0. The first-order chi connectivity index (χ1) is 10.2. The molecule has 1 amide bonds. The Labute approximate surface area is 128 Å². The molecule has 3 N–H and O–H groups in total. The summed E-state index contributed by atoms with van der Waals surface area (Å²) in [5.41, 5.74) is 5.03. The van der Waals surface area contributed by atoms with Crippen molar-refractivity contribution in [3.05, 3.63) is 35.4 Å². The molecule has 1 aromatic carbocycles. The van der Waals surface area contributed by atoms with Gasteiger partial charge in [0.05, 0.1) is 11.6 Å². The second-order valence-electron chi connectivity index (χ2n) is 6.56. The van der Waals surface area contributed by atoms with Gasteiger partial charge in [0.1, 0.15) is 0 Å². The third kappa shape index (κ3) is 3.81. The maximum absolute atomic E-state index is 14.0. The molecule has 22 heavy (non-hydrogen) atoms. The Morgan fingerprint density at radius 2 is 2.05 bits per heavy atom. The zero-order valence-corrected chi connectivity index (χ0v) is 12.9. The lowest BCUT2D eigenvalue weighted by Gasteiger charge is -2.31. The zero-order chi connectivity index (χ0) is 16.5. The number of β-amino-alcohol motifs (C(OH)–C–C–N with tert-alkyl or cyclic N) is 1. The molecule has 122 valence electrons. The van der Waals surface area contributed by atoms with Crippen LogP contribution in [0.3, 0.4) is 0 Å². The Morgan fingerprint density at radius 3 is 2.68 bits per heavy atom. The largest absolute Gasteiger partial charge is 0.389 e. The summed E-state index contributed by atoms with van der Waals surface area (Å²) >= 11 is 0. The predicted octanol–water partition coefficient (Wildman–Crippen LogP) is 1.77. The van der Waals surface area contributed by atoms with Crippen LogP contribution in [0.1, 0.15) is 38.2 Å². The molecule has 6 heteroatoms. The Balaban J connectivity index is 2.29. The minimum absolute atomic E-state index is 0.104. The van der Waals surface area contributed by atoms with E-state index >= 15 is 0 Å². The molecule has 4 nitrogen and oxygen atoms in total. The first kappa shape index (κ1) is 16.8. The van der Waals surface area contributed by atoms with E-state index in [1.165, 1.54) is 17.0 Å². The number of amides is 1. The zero-order valence-electron chi connectivity index (χ0n) is 12.9. The van der Waals surface area contributed by atoms with Crippen molar-refractivity contribution in [1.82, 2.24) is 4.90 Å². The maximum atomic E-state index is 14.0. The Morgan fingerprint density at radius 1 is 1.36 bits per heavy atom. The molecule has 2 atom stereocenters. The average Bonchev–Trinajstić information content (AvgIpc) is 2.54. The quantitative estimate of drug-likeness (QED) is 0.894. The third-order valence-electron chi connectivity index (χ3n) is 3.89. The van der Waals surface area contributed by atoms with Crippen LogP contribution in [0, 0.1) is 11.6 Å². The molecule has 2 unspecified atom stereocenters. The highest BCUT2D eigenvalue weighted by molar-refractivity contribution is 5.82. The van der Waals surface area contributed by atoms with Crippen LogP contribution in [0.2, 0.25) is 0 Å². The van der Waals surface area contributed by atoms with E-state index in [0.717, 1.165) is 6.07 Å². The van der Waals surface area contributed by atoms with Gasteiger partial charge in [0, 0.05) is 19.0 Å². The molecule has 1 saturated heterocycles. The highest BCUT2D eigenvalue weighted by Gasteiger charge is 2.33. The lowest BCUT2D eigenvalue weighted by molar-refractivity contribution is -0.135. The molecule has 1 aromatic rings. The molecule has 1 aliphatic heterocycles. The van der Waals surface area contributed by atoms with Crippen LogP contribution in [0.5, 0.6) is 0 Å². The monoisotopic (exact) mass is 312 g/mol. The number of carbonyl (C=O) groups is 1. The van der Waals surface area contributed by atoms with Gasteiger partial charge in [-0.25, -0.2) is 8.78 Å². The molecule has 1 fully saturated rings. The molecule has 2 rings (SSSR count). The number of hydrogen-bond donors (Lipinski definition) is 2. The van der Waals surface area contributed by atoms with Crippen molar-refractivity contribution in [2.45, 2.75) is 44.2 Å². The number of nitrogens with zero attached hydrogens (tertiary/aromatic N) is 1. The van der Waals surface area contributed by atoms with Crippen molar-refractivity contribution in [3.63, 3.8) is 0 Å². The molecular weight excluding hydrogens is 290 g/mol. The standard InChI is InChI=1S/C16H22F2N2O2/c1-16(2,22)9-20-8-10(6-7-13(19)15(20)21)11-4-3-5-12(17)14(11)18/h3-5,10,13,22H,6-9,19H2,1-2H3. The molecule has 0 saturated carbocycles. The summed E-state index contributed by atoms with van der Waals surface area (Å²) in [5.74, 6) is -2.37. The van der Waals surface area contributed by atoms with Crippen LogP contribution in [-0.2, 0) is 4.79 Å². The molecule has 0 bridgehead atoms. The van der Waals surface area contributed by atoms with E-state index in [9.17, 15) is 18.7 Å². The van der Waals surface area contributed by atoms with Gasteiger partial charge in [0.25, 0.3) is 0 Å². The van der Waals surface area contributed by atoms with Crippen molar-refractivity contribution in [3.8, 4) is 0 Å². The van der Waals surface area contributed by atoms with E-state index in [-0.39, 0.29) is 30.5 Å². The summed E-state index contributed by atoms with van der Waals surface area (Å²) in [5, 5.41) is 9.95. The summed E-state index contributed by atoms with van der Waals surface area (Å²) in [4.78, 5) is 13.7. The summed E-state index contributed by atoms with van der Waals surface area (Å²) < 4.78 is 27.5. The highest BCUT2D eigenvalue weighted by atomic mass is 19.2. The van der Waals surface area contributed by atoms with Crippen LogP contribution in [-0.4, -0.2) is 40.6 Å². The number of rotatable bonds is 3. The minimum Gasteiger partial charge on any atom is -0.389 e. The lowest BCUT2D eigenvalue weighted by Crippen LogP contribution is -2.48. The normalized spacial score (nSPS) is 23.5. The molecule has 0 spiro atoms. The maximum Gasteiger partial charge on any atom is 0.239 e. The van der Waals surface area contributed by atoms with E-state index in [1.807, 2.05) is 0 Å². The van der Waals surface area contributed by atoms with Gasteiger partial charge in [0.15, 0.2) is 11.6 Å². The smallest absolute Gasteiger partial charge is 0.239 e. The Hall–Kier alpha value is -1.53. The molecular formula is C16H22F2N2O2. The van der Waals surface area contributed by atoms with E-state index < -0.39 is 23.3 Å². The van der Waals surface area contributed by atoms with E-state index in [2.05, 4.69) is 0 Å². The topological polar surface area (TPSA) is 66.6 Å². The van der Waals surface area contributed by atoms with Crippen molar-refractivity contribution >= 4 is 5.91 Å². The SMILES string of the molecule is CC(C)(O)CN1CC(c2cccc(F)c2F)CCC(N)C1=O. The van der Waals surface area contributed by atoms with Crippen molar-refractivity contribution in [1.29, 1.82) is 0 Å². The van der Waals surface area contributed by atoms with Crippen molar-refractivity contribution in [2.75, 3.05) is 13.1 Å². The van der Waals surface area contributed by atoms with Crippen LogP contribution in [0.25, 0.3) is 0 Å². The van der Waals surface area contributed by atoms with E-state index in [1.54, 1.807) is 13.8 Å². The van der Waals surface area contributed by atoms with E-state index in [0.29, 0.717) is 12.8 Å². The number of carbonyl (C=O) groups excluding carboxylic acids is 1. The fraction of sp³-hybridized carbons (Fsp3) is 0.562. The highest BCUT2D eigenvalue weighted by Crippen LogP contribution is 2.30. The number of benzene rings is 1. The Kier molecular flexibility index (Phi) is 4.82. The Bertz CT molecular complexity index is 558. The summed E-state index contributed by atoms with van der Waals surface area (Å²) in [6.45, 7) is 3.51. The van der Waals surface area contributed by atoms with Crippen LogP contribution >= 0.6 is 0 Å². The van der Waals surface area contributed by atoms with Gasteiger partial charge in [-0.1, -0.05) is 12.1 Å². The van der Waals surface area contributed by atoms with Gasteiger partial charge in [-0.05, 0) is 38.3 Å². The van der Waals surface area contributed by atoms with E-state index in [4.69, 9.17) is 5.73 Å². The minimum atomic E-state index is -1.08. The van der Waals surface area contributed by atoms with Crippen molar-refractivity contribution < 1.29 is 18.7 Å². The number of aliphatic hydroxyl groups is 1. The number of halogens is 2. The van der Waals surface area contributed by atoms with Gasteiger partial charge in [-0.2, -0.15) is 0 Å². The molecule has 0 aliphatic carbocycles. The van der Waals surface area contributed by atoms with Crippen LogP contribution in [0.15, 0.2) is 18.2 Å². The number of likely N-dealkylation sites (tertiary alicyclic amines) is 1. The first-order valence-electron chi connectivity index (χ1n) is 7.39. The lowest BCUT2D eigenvalue weighted by atomic mass is 9.93. The second-order valence-corrected chi connectivity index (χ2v) is 6.56. The van der Waals surface area contributed by atoms with Gasteiger partial charge in [-0.3, -0.25) is 4.79 Å². The van der Waals surface area contributed by atoms with Gasteiger partial charge >= 0.3 is 0 Å². The van der Waals surface area contributed by atoms with Crippen LogP contribution in [0.4, 0.5) is 8.78 Å². The molecule has 0 radical (unpaired) electrons.